The highest BCUT2D eigenvalue weighted by Crippen LogP contribution is 2.55. The van der Waals surface area contributed by atoms with Crippen molar-refractivity contribution in [3.05, 3.63) is 107 Å². The molecule has 6 aromatic heterocycles. The molecule has 2 saturated carbocycles. The minimum absolute atomic E-state index is 0.176. The minimum Gasteiger partial charge on any atom is -0.395 e. The first-order valence-electron chi connectivity index (χ1n) is 17.4. The molecule has 0 spiro atoms. The number of nitrogen functional groups attached to an aromatic ring is 3. The number of alkyl halides is 6. The Morgan fingerprint density at radius 3 is 1.47 bits per heavy atom. The molecule has 0 radical (unpaired) electrons. The molecule has 0 saturated heterocycles. The van der Waals surface area contributed by atoms with Crippen LogP contribution in [0.15, 0.2) is 86.0 Å². The molecule has 302 valence electrons. The quantitative estimate of drug-likeness (QED) is 0.0675. The first kappa shape index (κ1) is 39.6. The summed E-state index contributed by atoms with van der Waals surface area (Å²) >= 11 is 0. The Labute approximate surface area is 323 Å². The van der Waals surface area contributed by atoms with Crippen LogP contribution in [-0.4, -0.2) is 67.0 Å². The zero-order chi connectivity index (χ0) is 41.8. The van der Waals surface area contributed by atoms with E-state index in [-0.39, 0.29) is 52.7 Å². The van der Waals surface area contributed by atoms with Crippen LogP contribution in [0.5, 0.6) is 0 Å². The van der Waals surface area contributed by atoms with Crippen LogP contribution >= 0.6 is 0 Å². The molecule has 2 aliphatic carbocycles. The molecule has 2 fully saturated rings. The van der Waals surface area contributed by atoms with Crippen LogP contribution in [0.3, 0.4) is 0 Å². The standard InChI is InChI=1S/C18H15F3N6O3.C18H17F3N6O/c19-18(20,21)17(28,11-1-2-11)12-3-4-14(24-8-12)26-9-10(7-25-26)13-5-6-23-16(22)15(13)27(29)30;19-18(20,21)17(28,11-1-2-11)12-3-4-14(25-8-12)27-9-10(7-26-27)13-5-6-24-16(23)15(13)22/h3-9,11,28H,1-2H2,(H2,22,23);3-9,11,28H,1-2,22H2,(H2,23,24). The van der Waals surface area contributed by atoms with Crippen LogP contribution in [0.2, 0.25) is 0 Å². The molecule has 8 rings (SSSR count). The molecule has 58 heavy (non-hydrogen) atoms. The van der Waals surface area contributed by atoms with E-state index in [4.69, 9.17) is 17.2 Å². The molecule has 16 nitrogen and oxygen atoms in total. The van der Waals surface area contributed by atoms with E-state index in [0.29, 0.717) is 41.0 Å². The summed E-state index contributed by atoms with van der Waals surface area (Å²) in [6.45, 7) is 0. The second kappa shape index (κ2) is 14.4. The Kier molecular flexibility index (Phi) is 9.79. The van der Waals surface area contributed by atoms with Crippen LogP contribution < -0.4 is 17.2 Å². The lowest BCUT2D eigenvalue weighted by Gasteiger charge is -2.30. The fourth-order valence-electron chi connectivity index (χ4n) is 6.57. The lowest BCUT2D eigenvalue weighted by molar-refractivity contribution is -0.383. The molecule has 6 heterocycles. The Balaban J connectivity index is 0.000000177. The van der Waals surface area contributed by atoms with Crippen molar-refractivity contribution in [3.63, 3.8) is 0 Å². The van der Waals surface area contributed by atoms with Crippen LogP contribution in [0.4, 0.5) is 49.4 Å². The Morgan fingerprint density at radius 2 is 1.07 bits per heavy atom. The van der Waals surface area contributed by atoms with E-state index >= 15 is 0 Å². The minimum atomic E-state index is -4.82. The van der Waals surface area contributed by atoms with Gasteiger partial charge in [-0.3, -0.25) is 10.1 Å². The van der Waals surface area contributed by atoms with Gasteiger partial charge >= 0.3 is 18.0 Å². The van der Waals surface area contributed by atoms with Gasteiger partial charge in [0.25, 0.3) is 0 Å². The van der Waals surface area contributed by atoms with Crippen molar-refractivity contribution in [1.82, 2.24) is 39.5 Å². The summed E-state index contributed by atoms with van der Waals surface area (Å²) in [5, 5.41) is 40.2. The molecule has 0 aliphatic heterocycles. The molecule has 2 atom stereocenters. The number of nitro groups is 1. The molecule has 2 aliphatic rings. The third-order valence-electron chi connectivity index (χ3n) is 9.99. The predicted molar refractivity (Wildman–Crippen MR) is 194 cm³/mol. The fraction of sp³-hybridized carbons (Fsp3) is 0.278. The second-order valence-corrected chi connectivity index (χ2v) is 13.7. The first-order chi connectivity index (χ1) is 27.3. The Morgan fingerprint density at radius 1 is 0.638 bits per heavy atom. The van der Waals surface area contributed by atoms with Crippen molar-refractivity contribution in [2.75, 3.05) is 17.2 Å². The van der Waals surface area contributed by atoms with Crippen molar-refractivity contribution < 1.29 is 41.5 Å². The third-order valence-corrected chi connectivity index (χ3v) is 9.99. The number of aromatic nitrogens is 8. The number of rotatable bonds is 9. The van der Waals surface area contributed by atoms with E-state index in [1.165, 1.54) is 64.6 Å². The number of aliphatic hydroxyl groups is 2. The number of nitrogens with two attached hydrogens (primary N) is 3. The van der Waals surface area contributed by atoms with Crippen molar-refractivity contribution in [2.45, 2.75) is 49.2 Å². The van der Waals surface area contributed by atoms with Gasteiger partial charge in [0.1, 0.15) is 5.82 Å². The molecule has 6 aromatic rings. The van der Waals surface area contributed by atoms with Gasteiger partial charge in [0.2, 0.25) is 5.82 Å². The fourth-order valence-corrected chi connectivity index (χ4v) is 6.57. The molecule has 22 heteroatoms. The average molecular weight is 811 g/mol. The molecule has 8 N–H and O–H groups in total. The Hall–Kier alpha value is -6.68. The maximum Gasteiger partial charge on any atom is 0.421 e. The lowest BCUT2D eigenvalue weighted by Crippen LogP contribution is -2.44. The number of hydrogen-bond donors (Lipinski definition) is 5. The highest BCUT2D eigenvalue weighted by atomic mass is 19.4. The van der Waals surface area contributed by atoms with E-state index < -0.39 is 40.3 Å². The average Bonchev–Trinajstić information content (AvgIpc) is 4.12. The molecular weight excluding hydrogens is 778 g/mol. The van der Waals surface area contributed by atoms with Gasteiger partial charge in [-0.05, 0) is 49.9 Å². The summed E-state index contributed by atoms with van der Waals surface area (Å²) in [4.78, 5) is 26.3. The number of pyridine rings is 4. The van der Waals surface area contributed by atoms with Gasteiger partial charge in [0, 0.05) is 76.8 Å². The molecule has 0 amide bonds. The van der Waals surface area contributed by atoms with Crippen LogP contribution in [0, 0.1) is 22.0 Å². The van der Waals surface area contributed by atoms with Gasteiger partial charge in [-0.2, -0.15) is 36.5 Å². The van der Waals surface area contributed by atoms with E-state index in [1.807, 2.05) is 0 Å². The van der Waals surface area contributed by atoms with Gasteiger partial charge in [-0.15, -0.1) is 0 Å². The largest absolute Gasteiger partial charge is 0.421 e. The maximum atomic E-state index is 13.5. The van der Waals surface area contributed by atoms with E-state index in [1.54, 1.807) is 12.3 Å². The number of nitrogens with zero attached hydrogens (tertiary/aromatic N) is 9. The third kappa shape index (κ3) is 7.10. The zero-order valence-corrected chi connectivity index (χ0v) is 29.8. The summed E-state index contributed by atoms with van der Waals surface area (Å²) in [6.07, 6.45) is 2.42. The summed E-state index contributed by atoms with van der Waals surface area (Å²) in [5.41, 5.74) is 12.6. The van der Waals surface area contributed by atoms with Crippen molar-refractivity contribution in [2.24, 2.45) is 11.8 Å². The van der Waals surface area contributed by atoms with Crippen molar-refractivity contribution in [3.8, 4) is 33.9 Å². The van der Waals surface area contributed by atoms with Gasteiger partial charge in [-0.25, -0.2) is 29.3 Å². The molecular formula is C36H32F6N12O4. The summed E-state index contributed by atoms with van der Waals surface area (Å²) in [6, 6.07) is 8.15. The topological polar surface area (TPSA) is 249 Å². The molecule has 0 bridgehead atoms. The number of hydrogen-bond acceptors (Lipinski definition) is 13. The zero-order valence-electron chi connectivity index (χ0n) is 29.8. The van der Waals surface area contributed by atoms with Gasteiger partial charge < -0.3 is 27.4 Å². The van der Waals surface area contributed by atoms with E-state index in [2.05, 4.69) is 30.1 Å². The highest BCUT2D eigenvalue weighted by Gasteiger charge is 2.64. The summed E-state index contributed by atoms with van der Waals surface area (Å²) in [5.74, 6) is -1.31. The second-order valence-electron chi connectivity index (χ2n) is 13.7. The smallest absolute Gasteiger partial charge is 0.395 e. The normalized spacial score (nSPS) is 16.5. The van der Waals surface area contributed by atoms with E-state index in [0.717, 1.165) is 18.5 Å². The van der Waals surface area contributed by atoms with E-state index in [9.17, 15) is 46.7 Å². The number of halogens is 6. The summed E-state index contributed by atoms with van der Waals surface area (Å²) < 4.78 is 83.4. The van der Waals surface area contributed by atoms with Gasteiger partial charge in [0.05, 0.1) is 28.6 Å². The van der Waals surface area contributed by atoms with Crippen LogP contribution in [0.1, 0.15) is 36.8 Å². The lowest BCUT2D eigenvalue weighted by atomic mass is 9.89. The Bertz CT molecular complexity index is 2470. The van der Waals surface area contributed by atoms with Crippen molar-refractivity contribution in [1.29, 1.82) is 0 Å². The van der Waals surface area contributed by atoms with Crippen LogP contribution in [0.25, 0.3) is 33.9 Å². The summed E-state index contributed by atoms with van der Waals surface area (Å²) in [7, 11) is 0. The monoisotopic (exact) mass is 810 g/mol. The van der Waals surface area contributed by atoms with Gasteiger partial charge in [-0.1, -0.05) is 12.1 Å². The predicted octanol–water partition coefficient (Wildman–Crippen LogP) is 5.63. The van der Waals surface area contributed by atoms with Crippen LogP contribution in [-0.2, 0) is 11.2 Å². The molecule has 0 aromatic carbocycles. The van der Waals surface area contributed by atoms with Gasteiger partial charge in [0.15, 0.2) is 22.8 Å². The highest BCUT2D eigenvalue weighted by molar-refractivity contribution is 5.82. The molecule has 2 unspecified atom stereocenters. The number of anilines is 3. The first-order valence-corrected chi connectivity index (χ1v) is 17.4. The maximum absolute atomic E-state index is 13.5. The van der Waals surface area contributed by atoms with Crippen molar-refractivity contribution >= 4 is 23.0 Å². The SMILES string of the molecule is Nc1nccc(-c2cnn(-c3ccc(C(O)(C4CC4)C(F)(F)F)cn3)c2)c1N.Nc1nccc(-c2cnn(-c3ccc(C(O)(C4CC4)C(F)(F)F)cn3)c2)c1[N+](=O)[O-].